The standard InChI is InChI=1S/C17H16O5/c1-3-21-17(19)14-11-13(9-10-15(14)20-2)22-16(18)12-7-5-4-6-8-12/h4-11H,3H2,1-2H3. The largest absolute Gasteiger partial charge is 0.496 e. The maximum absolute atomic E-state index is 12.0. The van der Waals surface area contributed by atoms with E-state index in [2.05, 4.69) is 0 Å². The van der Waals surface area contributed by atoms with Crippen molar-refractivity contribution in [3.8, 4) is 11.5 Å². The summed E-state index contributed by atoms with van der Waals surface area (Å²) in [5.41, 5.74) is 0.638. The minimum Gasteiger partial charge on any atom is -0.496 e. The number of benzene rings is 2. The molecule has 22 heavy (non-hydrogen) atoms. The average Bonchev–Trinajstić information content (AvgIpc) is 2.55. The topological polar surface area (TPSA) is 61.8 Å². The van der Waals surface area contributed by atoms with Crippen molar-refractivity contribution in [2.75, 3.05) is 13.7 Å². The molecule has 0 aliphatic carbocycles. The Morgan fingerprint density at radius 3 is 2.36 bits per heavy atom. The van der Waals surface area contributed by atoms with E-state index in [1.807, 2.05) is 6.07 Å². The van der Waals surface area contributed by atoms with Crippen LogP contribution in [-0.2, 0) is 4.74 Å². The van der Waals surface area contributed by atoms with E-state index in [0.29, 0.717) is 11.3 Å². The number of methoxy groups -OCH3 is 1. The maximum Gasteiger partial charge on any atom is 0.343 e. The molecule has 5 nitrogen and oxygen atoms in total. The molecule has 0 N–H and O–H groups in total. The zero-order chi connectivity index (χ0) is 15.9. The van der Waals surface area contributed by atoms with Crippen LogP contribution in [0.1, 0.15) is 27.6 Å². The second-order valence-corrected chi connectivity index (χ2v) is 4.34. The molecule has 0 aliphatic heterocycles. The molecule has 0 radical (unpaired) electrons. The fraction of sp³-hybridized carbons (Fsp3) is 0.176. The summed E-state index contributed by atoms with van der Waals surface area (Å²) in [4.78, 5) is 23.9. The number of hydrogen-bond acceptors (Lipinski definition) is 5. The van der Waals surface area contributed by atoms with Gasteiger partial charge in [0.1, 0.15) is 17.1 Å². The van der Waals surface area contributed by atoms with Gasteiger partial charge in [-0.1, -0.05) is 18.2 Å². The number of ether oxygens (including phenoxy) is 3. The highest BCUT2D eigenvalue weighted by molar-refractivity contribution is 5.94. The molecule has 5 heteroatoms. The summed E-state index contributed by atoms with van der Waals surface area (Å²) in [7, 11) is 1.45. The van der Waals surface area contributed by atoms with Gasteiger partial charge in [-0.05, 0) is 37.3 Å². The molecule has 0 heterocycles. The third kappa shape index (κ3) is 3.63. The first kappa shape index (κ1) is 15.6. The minimum atomic E-state index is -0.531. The van der Waals surface area contributed by atoms with Crippen LogP contribution in [0.15, 0.2) is 48.5 Å². The molecule has 0 bridgehead atoms. The summed E-state index contributed by atoms with van der Waals surface area (Å²) >= 11 is 0. The van der Waals surface area contributed by atoms with Crippen LogP contribution in [-0.4, -0.2) is 25.7 Å². The van der Waals surface area contributed by atoms with Crippen LogP contribution in [0.25, 0.3) is 0 Å². The molecule has 0 unspecified atom stereocenters. The van der Waals surface area contributed by atoms with Gasteiger partial charge in [0.05, 0.1) is 19.3 Å². The monoisotopic (exact) mass is 300 g/mol. The number of carbonyl (C=O) groups excluding carboxylic acids is 2. The van der Waals surface area contributed by atoms with E-state index in [1.54, 1.807) is 43.3 Å². The average molecular weight is 300 g/mol. The van der Waals surface area contributed by atoms with Crippen LogP contribution < -0.4 is 9.47 Å². The summed E-state index contributed by atoms with van der Waals surface area (Å²) in [6.07, 6.45) is 0. The Kier molecular flexibility index (Phi) is 5.14. The molecule has 2 aromatic carbocycles. The lowest BCUT2D eigenvalue weighted by Crippen LogP contribution is -2.10. The van der Waals surface area contributed by atoms with Gasteiger partial charge >= 0.3 is 11.9 Å². The van der Waals surface area contributed by atoms with Crippen molar-refractivity contribution in [2.24, 2.45) is 0 Å². The lowest BCUT2D eigenvalue weighted by molar-refractivity contribution is 0.0520. The Labute approximate surface area is 128 Å². The predicted molar refractivity (Wildman–Crippen MR) is 80.4 cm³/mol. The Balaban J connectivity index is 2.23. The van der Waals surface area contributed by atoms with Gasteiger partial charge in [0.25, 0.3) is 0 Å². The van der Waals surface area contributed by atoms with E-state index >= 15 is 0 Å². The van der Waals surface area contributed by atoms with E-state index in [0.717, 1.165) is 0 Å². The van der Waals surface area contributed by atoms with Crippen LogP contribution in [0, 0.1) is 0 Å². The zero-order valence-electron chi connectivity index (χ0n) is 12.4. The van der Waals surface area contributed by atoms with E-state index in [1.165, 1.54) is 13.2 Å². The van der Waals surface area contributed by atoms with Gasteiger partial charge in [0.2, 0.25) is 0 Å². The number of carbonyl (C=O) groups is 2. The van der Waals surface area contributed by atoms with Crippen molar-refractivity contribution in [1.29, 1.82) is 0 Å². The van der Waals surface area contributed by atoms with E-state index in [4.69, 9.17) is 14.2 Å². The first-order valence-electron chi connectivity index (χ1n) is 6.78. The summed E-state index contributed by atoms with van der Waals surface area (Å²) in [6, 6.07) is 13.1. The summed E-state index contributed by atoms with van der Waals surface area (Å²) < 4.78 is 15.3. The highest BCUT2D eigenvalue weighted by atomic mass is 16.5. The maximum atomic E-state index is 12.0. The van der Waals surface area contributed by atoms with Crippen molar-refractivity contribution < 1.29 is 23.8 Å². The van der Waals surface area contributed by atoms with Gasteiger partial charge in [0.15, 0.2) is 0 Å². The Bertz CT molecular complexity index is 664. The van der Waals surface area contributed by atoms with E-state index in [-0.39, 0.29) is 17.9 Å². The normalized spacial score (nSPS) is 9.91. The second kappa shape index (κ2) is 7.26. The van der Waals surface area contributed by atoms with Gasteiger partial charge in [-0.15, -0.1) is 0 Å². The lowest BCUT2D eigenvalue weighted by Gasteiger charge is -2.10. The summed E-state index contributed by atoms with van der Waals surface area (Å²) in [5.74, 6) is -0.423. The number of rotatable bonds is 5. The quantitative estimate of drug-likeness (QED) is 0.627. The fourth-order valence-electron chi connectivity index (χ4n) is 1.86. The van der Waals surface area contributed by atoms with Crippen LogP contribution in [0.4, 0.5) is 0 Å². The Morgan fingerprint density at radius 2 is 1.73 bits per heavy atom. The highest BCUT2D eigenvalue weighted by Crippen LogP contribution is 2.25. The zero-order valence-corrected chi connectivity index (χ0v) is 12.4. The molecule has 2 aromatic rings. The molecule has 0 fully saturated rings. The van der Waals surface area contributed by atoms with Crippen molar-refractivity contribution in [2.45, 2.75) is 6.92 Å². The highest BCUT2D eigenvalue weighted by Gasteiger charge is 2.16. The third-order valence-electron chi connectivity index (χ3n) is 2.89. The molecule has 114 valence electrons. The van der Waals surface area contributed by atoms with Gasteiger partial charge in [-0.2, -0.15) is 0 Å². The first-order valence-corrected chi connectivity index (χ1v) is 6.78. The molecule has 0 atom stereocenters. The third-order valence-corrected chi connectivity index (χ3v) is 2.89. The van der Waals surface area contributed by atoms with Crippen LogP contribution in [0.3, 0.4) is 0 Å². The van der Waals surface area contributed by atoms with Crippen molar-refractivity contribution in [3.63, 3.8) is 0 Å². The van der Waals surface area contributed by atoms with Crippen molar-refractivity contribution in [1.82, 2.24) is 0 Å². The van der Waals surface area contributed by atoms with Gasteiger partial charge < -0.3 is 14.2 Å². The molecule has 0 saturated carbocycles. The molecule has 0 saturated heterocycles. The Morgan fingerprint density at radius 1 is 1.00 bits per heavy atom. The first-order chi connectivity index (χ1) is 10.7. The minimum absolute atomic E-state index is 0.211. The molecular weight excluding hydrogens is 284 g/mol. The second-order valence-electron chi connectivity index (χ2n) is 4.34. The number of esters is 2. The van der Waals surface area contributed by atoms with Gasteiger partial charge in [-0.25, -0.2) is 9.59 Å². The molecule has 0 amide bonds. The Hall–Kier alpha value is -2.82. The van der Waals surface area contributed by atoms with E-state index < -0.39 is 11.9 Å². The number of hydrogen-bond donors (Lipinski definition) is 0. The van der Waals surface area contributed by atoms with Crippen molar-refractivity contribution >= 4 is 11.9 Å². The van der Waals surface area contributed by atoms with Crippen LogP contribution in [0.5, 0.6) is 11.5 Å². The lowest BCUT2D eigenvalue weighted by atomic mass is 10.2. The van der Waals surface area contributed by atoms with Crippen molar-refractivity contribution in [3.05, 3.63) is 59.7 Å². The molecule has 0 aromatic heterocycles. The summed E-state index contributed by atoms with van der Waals surface area (Å²) in [6.45, 7) is 1.96. The molecule has 0 spiro atoms. The molecule has 0 aliphatic rings. The van der Waals surface area contributed by atoms with E-state index in [9.17, 15) is 9.59 Å². The van der Waals surface area contributed by atoms with Crippen LogP contribution in [0.2, 0.25) is 0 Å². The smallest absolute Gasteiger partial charge is 0.343 e. The SMILES string of the molecule is CCOC(=O)c1cc(OC(=O)c2ccccc2)ccc1OC. The molecular formula is C17H16O5. The molecule has 2 rings (SSSR count). The van der Waals surface area contributed by atoms with Crippen LogP contribution >= 0.6 is 0 Å². The van der Waals surface area contributed by atoms with Gasteiger partial charge in [-0.3, -0.25) is 0 Å². The predicted octanol–water partition coefficient (Wildman–Crippen LogP) is 3.09. The fourth-order valence-corrected chi connectivity index (χ4v) is 1.86. The summed E-state index contributed by atoms with van der Waals surface area (Å²) in [5, 5.41) is 0. The van der Waals surface area contributed by atoms with Gasteiger partial charge in [0, 0.05) is 0 Å².